The number of halogens is 1. The first-order valence-electron chi connectivity index (χ1n) is 5.33. The maximum Gasteiger partial charge on any atom is 0.228 e. The van der Waals surface area contributed by atoms with E-state index < -0.39 is 0 Å². The fraction of sp³-hybridized carbons (Fsp3) is 0.417. The highest BCUT2D eigenvalue weighted by Gasteiger charge is 2.22. The number of hydrogen-bond donors (Lipinski definition) is 1. The number of carbonyl (C=O) groups excluding carboxylic acids is 1. The molecule has 1 aromatic rings. The lowest BCUT2D eigenvalue weighted by Gasteiger charge is -2.09. The Morgan fingerprint density at radius 1 is 1.44 bits per heavy atom. The fourth-order valence-electron chi connectivity index (χ4n) is 1.66. The van der Waals surface area contributed by atoms with E-state index in [0.717, 1.165) is 28.9 Å². The van der Waals surface area contributed by atoms with Crippen LogP contribution in [0.15, 0.2) is 24.3 Å². The van der Waals surface area contributed by atoms with Gasteiger partial charge in [0.2, 0.25) is 5.91 Å². The summed E-state index contributed by atoms with van der Waals surface area (Å²) in [5, 5.41) is 3.82. The van der Waals surface area contributed by atoms with Crippen molar-refractivity contribution in [2.45, 2.75) is 11.8 Å². The maximum atomic E-state index is 11.8. The molecule has 4 heteroatoms. The second-order valence-electron chi connectivity index (χ2n) is 3.88. The lowest BCUT2D eigenvalue weighted by Crippen LogP contribution is -2.22. The molecule has 0 saturated carbocycles. The Bertz CT molecular complexity index is 360. The van der Waals surface area contributed by atoms with Gasteiger partial charge >= 0.3 is 0 Å². The van der Waals surface area contributed by atoms with Gasteiger partial charge in [-0.25, -0.2) is 0 Å². The van der Waals surface area contributed by atoms with E-state index >= 15 is 0 Å². The van der Waals surface area contributed by atoms with Gasteiger partial charge in [-0.15, -0.1) is 0 Å². The van der Waals surface area contributed by atoms with Crippen molar-refractivity contribution in [2.75, 3.05) is 16.8 Å². The van der Waals surface area contributed by atoms with Gasteiger partial charge in [0.1, 0.15) is 0 Å². The number of alkyl halides is 1. The van der Waals surface area contributed by atoms with Gasteiger partial charge in [0, 0.05) is 22.7 Å². The minimum Gasteiger partial charge on any atom is -0.326 e. The summed E-state index contributed by atoms with van der Waals surface area (Å²) in [5.41, 5.74) is 2.11. The van der Waals surface area contributed by atoms with E-state index in [1.54, 1.807) is 0 Å². The highest BCUT2D eigenvalue weighted by molar-refractivity contribution is 9.08. The van der Waals surface area contributed by atoms with Crippen molar-refractivity contribution in [1.82, 2.24) is 0 Å². The molecular formula is C12H14BrNOS. The number of anilines is 1. The highest BCUT2D eigenvalue weighted by Crippen LogP contribution is 2.24. The van der Waals surface area contributed by atoms with E-state index in [9.17, 15) is 4.79 Å². The van der Waals surface area contributed by atoms with Gasteiger partial charge in [-0.2, -0.15) is 11.8 Å². The van der Waals surface area contributed by atoms with E-state index in [2.05, 4.69) is 21.2 Å². The van der Waals surface area contributed by atoms with Crippen LogP contribution in [0, 0.1) is 5.92 Å². The van der Waals surface area contributed by atoms with Gasteiger partial charge in [-0.3, -0.25) is 4.79 Å². The molecule has 1 N–H and O–H groups in total. The summed E-state index contributed by atoms with van der Waals surface area (Å²) >= 11 is 5.26. The second kappa shape index (κ2) is 5.73. The Hall–Kier alpha value is -0.480. The molecule has 2 nitrogen and oxygen atoms in total. The third kappa shape index (κ3) is 3.01. The molecule has 16 heavy (non-hydrogen) atoms. The topological polar surface area (TPSA) is 29.1 Å². The fourth-order valence-corrected chi connectivity index (χ4v) is 3.26. The zero-order valence-electron chi connectivity index (χ0n) is 8.91. The van der Waals surface area contributed by atoms with Gasteiger partial charge in [-0.1, -0.05) is 28.1 Å². The molecule has 0 aromatic heterocycles. The van der Waals surface area contributed by atoms with Crippen molar-refractivity contribution in [3.05, 3.63) is 29.8 Å². The van der Waals surface area contributed by atoms with Crippen LogP contribution in [0.2, 0.25) is 0 Å². The number of rotatable bonds is 3. The summed E-state index contributed by atoms with van der Waals surface area (Å²) in [4.78, 5) is 11.8. The number of carbonyl (C=O) groups is 1. The van der Waals surface area contributed by atoms with E-state index in [-0.39, 0.29) is 11.8 Å². The van der Waals surface area contributed by atoms with Crippen molar-refractivity contribution < 1.29 is 4.79 Å². The van der Waals surface area contributed by atoms with Gasteiger partial charge < -0.3 is 5.32 Å². The summed E-state index contributed by atoms with van der Waals surface area (Å²) < 4.78 is 0. The lowest BCUT2D eigenvalue weighted by molar-refractivity contribution is -0.119. The molecule has 1 aliphatic heterocycles. The first kappa shape index (κ1) is 12.0. The van der Waals surface area contributed by atoms with Crippen LogP contribution in [-0.4, -0.2) is 17.4 Å². The monoisotopic (exact) mass is 299 g/mol. The Labute approximate surface area is 108 Å². The van der Waals surface area contributed by atoms with Gasteiger partial charge in [0.25, 0.3) is 0 Å². The first-order chi connectivity index (χ1) is 7.79. The molecule has 1 saturated heterocycles. The predicted octanol–water partition coefficient (Wildman–Crippen LogP) is 3.27. The molecule has 1 heterocycles. The van der Waals surface area contributed by atoms with Crippen LogP contribution in [0.4, 0.5) is 5.69 Å². The molecular weight excluding hydrogens is 286 g/mol. The average molecular weight is 300 g/mol. The standard InChI is InChI=1S/C12H14BrNOS/c13-7-9-1-3-11(4-2-9)14-12(15)10-5-6-16-8-10/h1-4,10H,5-8H2,(H,14,15). The zero-order chi connectivity index (χ0) is 11.4. The van der Waals surface area contributed by atoms with Crippen LogP contribution in [-0.2, 0) is 10.1 Å². The molecule has 86 valence electrons. The van der Waals surface area contributed by atoms with E-state index in [1.165, 1.54) is 5.56 Å². The Morgan fingerprint density at radius 3 is 2.75 bits per heavy atom. The van der Waals surface area contributed by atoms with Crippen molar-refractivity contribution in [3.63, 3.8) is 0 Å². The molecule has 1 aliphatic rings. The quantitative estimate of drug-likeness (QED) is 0.868. The molecule has 1 fully saturated rings. The predicted molar refractivity (Wildman–Crippen MR) is 73.1 cm³/mol. The molecule has 1 aromatic carbocycles. The second-order valence-corrected chi connectivity index (χ2v) is 5.59. The van der Waals surface area contributed by atoms with E-state index in [4.69, 9.17) is 0 Å². The summed E-state index contributed by atoms with van der Waals surface area (Å²) in [6, 6.07) is 7.95. The number of thioether (sulfide) groups is 1. The Balaban J connectivity index is 1.94. The van der Waals surface area contributed by atoms with Crippen LogP contribution in [0.5, 0.6) is 0 Å². The molecule has 0 radical (unpaired) electrons. The molecule has 2 rings (SSSR count). The molecule has 0 aliphatic carbocycles. The lowest BCUT2D eigenvalue weighted by atomic mass is 10.1. The summed E-state index contributed by atoms with van der Waals surface area (Å²) in [5.74, 6) is 2.43. The minimum absolute atomic E-state index is 0.164. The molecule has 0 spiro atoms. The summed E-state index contributed by atoms with van der Waals surface area (Å²) in [6.07, 6.45) is 1.01. The third-order valence-electron chi connectivity index (χ3n) is 2.68. The molecule has 1 unspecified atom stereocenters. The largest absolute Gasteiger partial charge is 0.326 e. The van der Waals surface area contributed by atoms with Gasteiger partial charge in [-0.05, 0) is 29.9 Å². The summed E-state index contributed by atoms with van der Waals surface area (Å²) in [7, 11) is 0. The number of nitrogens with one attached hydrogen (secondary N) is 1. The molecule has 1 amide bonds. The smallest absolute Gasteiger partial charge is 0.228 e. The summed E-state index contributed by atoms with van der Waals surface area (Å²) in [6.45, 7) is 0. The van der Waals surface area contributed by atoms with Crippen LogP contribution in [0.1, 0.15) is 12.0 Å². The third-order valence-corrected chi connectivity index (χ3v) is 4.49. The molecule has 1 atom stereocenters. The Kier molecular flexibility index (Phi) is 4.29. The minimum atomic E-state index is 0.164. The van der Waals surface area contributed by atoms with Gasteiger partial charge in [0.05, 0.1) is 0 Å². The first-order valence-corrected chi connectivity index (χ1v) is 7.60. The number of hydrogen-bond acceptors (Lipinski definition) is 2. The Morgan fingerprint density at radius 2 is 2.19 bits per heavy atom. The number of benzene rings is 1. The van der Waals surface area contributed by atoms with E-state index in [0.29, 0.717) is 0 Å². The number of amides is 1. The van der Waals surface area contributed by atoms with E-state index in [1.807, 2.05) is 36.0 Å². The molecule has 0 bridgehead atoms. The van der Waals surface area contributed by atoms with Crippen LogP contribution in [0.25, 0.3) is 0 Å². The highest BCUT2D eigenvalue weighted by atomic mass is 79.9. The maximum absolute atomic E-state index is 11.8. The van der Waals surface area contributed by atoms with Crippen molar-refractivity contribution in [3.8, 4) is 0 Å². The SMILES string of the molecule is O=C(Nc1ccc(CBr)cc1)C1CCSC1. The zero-order valence-corrected chi connectivity index (χ0v) is 11.3. The van der Waals surface area contributed by atoms with Crippen molar-refractivity contribution >= 4 is 39.3 Å². The van der Waals surface area contributed by atoms with Crippen LogP contribution >= 0.6 is 27.7 Å². The average Bonchev–Trinajstić information content (AvgIpc) is 2.83. The van der Waals surface area contributed by atoms with Crippen LogP contribution < -0.4 is 5.32 Å². The van der Waals surface area contributed by atoms with Gasteiger partial charge in [0.15, 0.2) is 0 Å². The normalized spacial score (nSPS) is 19.7. The van der Waals surface area contributed by atoms with Crippen molar-refractivity contribution in [1.29, 1.82) is 0 Å². The van der Waals surface area contributed by atoms with Crippen molar-refractivity contribution in [2.24, 2.45) is 5.92 Å². The van der Waals surface area contributed by atoms with Crippen LogP contribution in [0.3, 0.4) is 0 Å².